The molecule has 3 nitrogen and oxygen atoms in total. The fourth-order valence-corrected chi connectivity index (χ4v) is 0.131. The Kier molecular flexibility index (Phi) is 13.8. The fourth-order valence-electron chi connectivity index (χ4n) is 0.131. The van der Waals surface area contributed by atoms with E-state index in [1.54, 1.807) is 7.11 Å². The van der Waals surface area contributed by atoms with Crippen molar-refractivity contribution >= 4 is 12.4 Å². The van der Waals surface area contributed by atoms with Crippen LogP contribution >= 0.6 is 12.4 Å². The molecule has 0 heterocycles. The Morgan fingerprint density at radius 1 is 1.43 bits per heavy atom. The van der Waals surface area contributed by atoms with E-state index in [0.29, 0.717) is 13.2 Å². The first kappa shape index (κ1) is 10.2. The highest BCUT2D eigenvalue weighted by Crippen LogP contribution is 1.62. The maximum Gasteiger partial charge on any atom is 0.0912 e. The highest BCUT2D eigenvalue weighted by molar-refractivity contribution is 5.85. The van der Waals surface area contributed by atoms with E-state index >= 15 is 0 Å². The molecule has 0 bridgehead atoms. The summed E-state index contributed by atoms with van der Waals surface area (Å²) in [7, 11) is 1.60. The molecule has 0 aliphatic heterocycles. The molecule has 7 heavy (non-hydrogen) atoms. The Morgan fingerprint density at radius 3 is 2.14 bits per heavy atom. The smallest absolute Gasteiger partial charge is 0.0912 e. The van der Waals surface area contributed by atoms with Crippen LogP contribution in [-0.2, 0) is 9.57 Å². The molecule has 46 valence electrons. The van der Waals surface area contributed by atoms with Gasteiger partial charge in [-0.1, -0.05) is 0 Å². The van der Waals surface area contributed by atoms with Crippen molar-refractivity contribution in [2.45, 2.75) is 0 Å². The molecule has 0 aromatic heterocycles. The van der Waals surface area contributed by atoms with Gasteiger partial charge in [-0.2, -0.15) is 0 Å². The van der Waals surface area contributed by atoms with Crippen LogP contribution in [0.1, 0.15) is 0 Å². The first-order chi connectivity index (χ1) is 2.91. The summed E-state index contributed by atoms with van der Waals surface area (Å²) in [4.78, 5) is 4.16. The van der Waals surface area contributed by atoms with E-state index in [2.05, 4.69) is 15.5 Å². The summed E-state index contributed by atoms with van der Waals surface area (Å²) in [6.45, 7) is 1.03. The minimum Gasteiger partial charge on any atom is -0.382 e. The molecule has 0 radical (unpaired) electrons. The number of rotatable bonds is 3. The Hall–Kier alpha value is 0.170. The molecule has 0 fully saturated rings. The van der Waals surface area contributed by atoms with Gasteiger partial charge in [-0.25, -0.2) is 5.90 Å². The number of hydrogen-bond donors (Lipinski definition) is 1. The van der Waals surface area contributed by atoms with Crippen LogP contribution in [0, 0.1) is 0 Å². The van der Waals surface area contributed by atoms with Gasteiger partial charge in [0.2, 0.25) is 0 Å². The van der Waals surface area contributed by atoms with E-state index in [0.717, 1.165) is 0 Å². The number of halogens is 1. The average molecular weight is 128 g/mol. The van der Waals surface area contributed by atoms with E-state index in [4.69, 9.17) is 0 Å². The SMILES string of the molecule is COCCON.Cl. The third kappa shape index (κ3) is 10.7. The molecule has 0 saturated heterocycles. The minimum atomic E-state index is 0. The summed E-state index contributed by atoms with van der Waals surface area (Å²) in [6.07, 6.45) is 0. The quantitative estimate of drug-likeness (QED) is 0.427. The highest BCUT2D eigenvalue weighted by atomic mass is 35.5. The van der Waals surface area contributed by atoms with Crippen molar-refractivity contribution < 1.29 is 9.57 Å². The molecule has 0 saturated carbocycles. The van der Waals surface area contributed by atoms with Gasteiger partial charge >= 0.3 is 0 Å². The molecule has 2 N–H and O–H groups in total. The molecule has 0 aromatic carbocycles. The van der Waals surface area contributed by atoms with Crippen LogP contribution in [0.25, 0.3) is 0 Å². The molecule has 0 aromatic rings. The van der Waals surface area contributed by atoms with Gasteiger partial charge in [-0.15, -0.1) is 12.4 Å². The van der Waals surface area contributed by atoms with Gasteiger partial charge in [0.1, 0.15) is 0 Å². The van der Waals surface area contributed by atoms with Crippen molar-refractivity contribution in [1.29, 1.82) is 0 Å². The second kappa shape index (κ2) is 9.48. The van der Waals surface area contributed by atoms with Crippen LogP contribution < -0.4 is 5.90 Å². The van der Waals surface area contributed by atoms with Crippen molar-refractivity contribution in [3.63, 3.8) is 0 Å². The summed E-state index contributed by atoms with van der Waals surface area (Å²) in [5.74, 6) is 4.63. The Balaban J connectivity index is 0. The lowest BCUT2D eigenvalue weighted by atomic mass is 10.8. The van der Waals surface area contributed by atoms with Crippen LogP contribution in [0.2, 0.25) is 0 Å². The maximum absolute atomic E-state index is 4.63. The van der Waals surface area contributed by atoms with Gasteiger partial charge in [0, 0.05) is 7.11 Å². The molecule has 0 aliphatic carbocycles. The van der Waals surface area contributed by atoms with Crippen molar-refractivity contribution in [1.82, 2.24) is 0 Å². The maximum atomic E-state index is 4.63. The Morgan fingerprint density at radius 2 is 2.00 bits per heavy atom. The predicted molar refractivity (Wildman–Crippen MR) is 29.3 cm³/mol. The summed E-state index contributed by atoms with van der Waals surface area (Å²) in [5.41, 5.74) is 0. The number of hydrogen-bond acceptors (Lipinski definition) is 3. The monoisotopic (exact) mass is 127 g/mol. The zero-order chi connectivity index (χ0) is 4.83. The lowest BCUT2D eigenvalue weighted by Crippen LogP contribution is -2.05. The van der Waals surface area contributed by atoms with Crippen LogP contribution in [-0.4, -0.2) is 20.3 Å². The lowest BCUT2D eigenvalue weighted by molar-refractivity contribution is 0.0712. The molecule has 0 amide bonds. The van der Waals surface area contributed by atoms with Gasteiger partial charge in [0.25, 0.3) is 0 Å². The predicted octanol–water partition coefficient (Wildman–Crippen LogP) is -0.0551. The van der Waals surface area contributed by atoms with E-state index in [-0.39, 0.29) is 12.4 Å². The largest absolute Gasteiger partial charge is 0.382 e. The number of methoxy groups -OCH3 is 1. The minimum absolute atomic E-state index is 0. The molecular formula is C3H10ClNO2. The Labute approximate surface area is 49.1 Å². The van der Waals surface area contributed by atoms with Gasteiger partial charge in [-0.3, -0.25) is 0 Å². The van der Waals surface area contributed by atoms with Crippen molar-refractivity contribution in [2.24, 2.45) is 5.90 Å². The number of ether oxygens (including phenoxy) is 1. The van der Waals surface area contributed by atoms with Crippen molar-refractivity contribution in [3.8, 4) is 0 Å². The van der Waals surface area contributed by atoms with Gasteiger partial charge < -0.3 is 9.57 Å². The zero-order valence-electron chi connectivity index (χ0n) is 4.22. The van der Waals surface area contributed by atoms with E-state index in [1.807, 2.05) is 0 Å². The standard InChI is InChI=1S/C3H9NO2.ClH/c1-5-2-3-6-4;/h2-4H2,1H3;1H. The fraction of sp³-hybridized carbons (Fsp3) is 1.00. The molecule has 4 heteroatoms. The van der Waals surface area contributed by atoms with Crippen molar-refractivity contribution in [3.05, 3.63) is 0 Å². The molecule has 0 atom stereocenters. The first-order valence-electron chi connectivity index (χ1n) is 1.72. The Bertz CT molecular complexity index is 24.9. The second-order valence-electron chi connectivity index (χ2n) is 0.864. The third-order valence-corrected chi connectivity index (χ3v) is 0.405. The molecule has 0 unspecified atom stereocenters. The van der Waals surface area contributed by atoms with Gasteiger partial charge in [0.15, 0.2) is 0 Å². The van der Waals surface area contributed by atoms with Crippen LogP contribution in [0.3, 0.4) is 0 Å². The molecule has 0 aliphatic rings. The summed E-state index contributed by atoms with van der Waals surface area (Å²) < 4.78 is 4.58. The lowest BCUT2D eigenvalue weighted by Gasteiger charge is -1.91. The van der Waals surface area contributed by atoms with Gasteiger partial charge in [-0.05, 0) is 0 Å². The second-order valence-corrected chi connectivity index (χ2v) is 0.864. The zero-order valence-corrected chi connectivity index (χ0v) is 5.03. The van der Waals surface area contributed by atoms with Crippen LogP contribution in [0.4, 0.5) is 0 Å². The molecule has 0 spiro atoms. The van der Waals surface area contributed by atoms with Crippen LogP contribution in [0.5, 0.6) is 0 Å². The summed E-state index contributed by atoms with van der Waals surface area (Å²) in [6, 6.07) is 0. The summed E-state index contributed by atoms with van der Waals surface area (Å²) >= 11 is 0. The topological polar surface area (TPSA) is 44.5 Å². The highest BCUT2D eigenvalue weighted by Gasteiger charge is 1.74. The average Bonchev–Trinajstić information content (AvgIpc) is 1.61. The number of nitrogens with two attached hydrogens (primary N) is 1. The third-order valence-electron chi connectivity index (χ3n) is 0.405. The molecule has 0 rings (SSSR count). The van der Waals surface area contributed by atoms with Crippen molar-refractivity contribution in [2.75, 3.05) is 20.3 Å². The van der Waals surface area contributed by atoms with E-state index in [1.165, 1.54) is 0 Å². The summed E-state index contributed by atoms with van der Waals surface area (Å²) in [5, 5.41) is 0. The van der Waals surface area contributed by atoms with E-state index < -0.39 is 0 Å². The first-order valence-corrected chi connectivity index (χ1v) is 1.72. The van der Waals surface area contributed by atoms with Gasteiger partial charge in [0.05, 0.1) is 13.2 Å². The van der Waals surface area contributed by atoms with Crippen LogP contribution in [0.15, 0.2) is 0 Å². The molecular weight excluding hydrogens is 117 g/mol. The van der Waals surface area contributed by atoms with E-state index in [9.17, 15) is 0 Å². The normalized spacial score (nSPS) is 7.71.